The molecule has 0 fully saturated rings. The zero-order valence-corrected chi connectivity index (χ0v) is 30.4. The van der Waals surface area contributed by atoms with E-state index in [-0.39, 0.29) is 17.7 Å². The normalized spacial score (nSPS) is 10.7. The number of hydrogen-bond acceptors (Lipinski definition) is 3. The lowest BCUT2D eigenvalue weighted by Gasteiger charge is -2.29. The average molecular weight is 706 g/mol. The van der Waals surface area contributed by atoms with E-state index in [2.05, 4.69) is 0 Å². The second-order valence-corrected chi connectivity index (χ2v) is 13.0. The summed E-state index contributed by atoms with van der Waals surface area (Å²) in [5.41, 5.74) is 9.68. The summed E-state index contributed by atoms with van der Waals surface area (Å²) < 4.78 is 0. The molecule has 6 nitrogen and oxygen atoms in total. The standard InChI is InChI=1S/C48H39N3O3/c1-34(52)49(43-25-19-40(20-26-43)37-13-7-4-8-14-37)46-31-47(50(35(2)53)44-27-21-41(22-28-44)38-15-9-5-10-16-38)33-48(32-46)51(36(3)54)45-29-23-42(24-30-45)39-17-11-6-12-18-39/h4-33H,1-3H3. The molecular formula is C48H39N3O3. The van der Waals surface area contributed by atoms with Gasteiger partial charge in [0.25, 0.3) is 0 Å². The van der Waals surface area contributed by atoms with E-state index in [9.17, 15) is 14.4 Å². The molecule has 0 unspecified atom stereocenters. The number of rotatable bonds is 9. The zero-order valence-electron chi connectivity index (χ0n) is 30.4. The number of nitrogens with zero attached hydrogens (tertiary/aromatic N) is 3. The van der Waals surface area contributed by atoms with Crippen LogP contribution >= 0.6 is 0 Å². The molecule has 264 valence electrons. The van der Waals surface area contributed by atoms with E-state index in [0.29, 0.717) is 34.1 Å². The summed E-state index contributed by atoms with van der Waals surface area (Å²) in [5, 5.41) is 0. The third-order valence-electron chi connectivity index (χ3n) is 9.30. The predicted octanol–water partition coefficient (Wildman–Crippen LogP) is 11.7. The van der Waals surface area contributed by atoms with Crippen LogP contribution in [0.2, 0.25) is 0 Å². The average Bonchev–Trinajstić information content (AvgIpc) is 3.19. The van der Waals surface area contributed by atoms with Crippen LogP contribution in [0.4, 0.5) is 34.1 Å². The molecule has 7 aromatic carbocycles. The molecule has 0 spiro atoms. The molecule has 7 aromatic rings. The molecule has 0 aliphatic carbocycles. The summed E-state index contributed by atoms with van der Waals surface area (Å²) in [7, 11) is 0. The number of hydrogen-bond donors (Lipinski definition) is 0. The van der Waals surface area contributed by atoms with Crippen molar-refractivity contribution in [3.8, 4) is 33.4 Å². The molecule has 54 heavy (non-hydrogen) atoms. The largest absolute Gasteiger partial charge is 0.281 e. The minimum absolute atomic E-state index is 0.228. The summed E-state index contributed by atoms with van der Waals surface area (Å²) in [5.74, 6) is -0.684. The van der Waals surface area contributed by atoms with Gasteiger partial charge in [-0.15, -0.1) is 0 Å². The van der Waals surface area contributed by atoms with Crippen molar-refractivity contribution in [1.29, 1.82) is 0 Å². The fraction of sp³-hybridized carbons (Fsp3) is 0.0625. The Hall–Kier alpha value is -7.05. The maximum absolute atomic E-state index is 13.6. The summed E-state index contributed by atoms with van der Waals surface area (Å²) in [6.45, 7) is 4.52. The highest BCUT2D eigenvalue weighted by Gasteiger charge is 2.24. The Kier molecular flexibility index (Phi) is 10.3. The molecule has 6 heteroatoms. The Morgan fingerprint density at radius 2 is 0.481 bits per heavy atom. The van der Waals surface area contributed by atoms with E-state index in [1.54, 1.807) is 14.7 Å². The van der Waals surface area contributed by atoms with E-state index in [1.807, 2.05) is 182 Å². The topological polar surface area (TPSA) is 60.9 Å². The van der Waals surface area contributed by atoms with E-state index in [1.165, 1.54) is 20.8 Å². The molecular weight excluding hydrogens is 667 g/mol. The highest BCUT2D eigenvalue weighted by molar-refractivity contribution is 6.06. The van der Waals surface area contributed by atoms with Gasteiger partial charge in [-0.1, -0.05) is 127 Å². The molecule has 0 N–H and O–H groups in total. The first-order valence-corrected chi connectivity index (χ1v) is 17.8. The van der Waals surface area contributed by atoms with Crippen molar-refractivity contribution >= 4 is 51.8 Å². The summed E-state index contributed by atoms with van der Waals surface area (Å²) in [6.07, 6.45) is 0. The van der Waals surface area contributed by atoms with Gasteiger partial charge in [0.2, 0.25) is 17.7 Å². The molecule has 3 amide bonds. The van der Waals surface area contributed by atoms with Crippen molar-refractivity contribution in [3.05, 3.63) is 182 Å². The van der Waals surface area contributed by atoms with Crippen LogP contribution < -0.4 is 14.7 Å². The van der Waals surface area contributed by atoms with Gasteiger partial charge in [-0.2, -0.15) is 0 Å². The third kappa shape index (κ3) is 7.59. The van der Waals surface area contributed by atoms with Gasteiger partial charge in [0.1, 0.15) is 0 Å². The molecule has 0 aliphatic rings. The number of carbonyl (C=O) groups excluding carboxylic acids is 3. The first-order chi connectivity index (χ1) is 26.3. The SMILES string of the molecule is CC(=O)N(c1ccc(-c2ccccc2)cc1)c1cc(N(C(C)=O)c2ccc(-c3ccccc3)cc2)cc(N(C(C)=O)c2ccc(-c3ccccc3)cc2)c1. The first kappa shape index (κ1) is 35.4. The zero-order chi connectivity index (χ0) is 37.6. The third-order valence-corrected chi connectivity index (χ3v) is 9.30. The van der Waals surface area contributed by atoms with Crippen molar-refractivity contribution in [3.63, 3.8) is 0 Å². The van der Waals surface area contributed by atoms with Crippen LogP contribution in [0.15, 0.2) is 182 Å². The van der Waals surface area contributed by atoms with Crippen LogP contribution in [0.25, 0.3) is 33.4 Å². The molecule has 0 aliphatic heterocycles. The molecule has 0 radical (unpaired) electrons. The lowest BCUT2D eigenvalue weighted by Crippen LogP contribution is -2.27. The Morgan fingerprint density at radius 3 is 0.685 bits per heavy atom. The monoisotopic (exact) mass is 705 g/mol. The Balaban J connectivity index is 1.36. The van der Waals surface area contributed by atoms with Gasteiger partial charge in [0.05, 0.1) is 17.1 Å². The maximum Gasteiger partial charge on any atom is 0.228 e. The van der Waals surface area contributed by atoms with Crippen molar-refractivity contribution in [2.45, 2.75) is 20.8 Å². The molecule has 7 rings (SSSR count). The molecule has 0 bridgehead atoms. The van der Waals surface area contributed by atoms with Crippen molar-refractivity contribution in [2.24, 2.45) is 0 Å². The molecule has 0 heterocycles. The number of carbonyl (C=O) groups is 3. The second kappa shape index (κ2) is 15.7. The maximum atomic E-state index is 13.6. The number of benzene rings is 7. The minimum atomic E-state index is -0.228. The van der Waals surface area contributed by atoms with Gasteiger partial charge in [-0.3, -0.25) is 29.1 Å². The van der Waals surface area contributed by atoms with Gasteiger partial charge >= 0.3 is 0 Å². The highest BCUT2D eigenvalue weighted by Crippen LogP contribution is 2.40. The van der Waals surface area contributed by atoms with Gasteiger partial charge in [-0.25, -0.2) is 0 Å². The summed E-state index contributed by atoms with van der Waals surface area (Å²) in [6, 6.07) is 58.9. The second-order valence-electron chi connectivity index (χ2n) is 13.0. The summed E-state index contributed by atoms with van der Waals surface area (Å²) in [4.78, 5) is 45.6. The smallest absolute Gasteiger partial charge is 0.228 e. The van der Waals surface area contributed by atoms with Crippen LogP contribution in [-0.2, 0) is 14.4 Å². The summed E-state index contributed by atoms with van der Waals surface area (Å²) >= 11 is 0. The van der Waals surface area contributed by atoms with E-state index in [0.717, 1.165) is 33.4 Å². The molecule has 0 saturated carbocycles. The molecule has 0 saturated heterocycles. The Morgan fingerprint density at radius 1 is 0.278 bits per heavy atom. The lowest BCUT2D eigenvalue weighted by molar-refractivity contribution is -0.116. The van der Waals surface area contributed by atoms with Crippen LogP contribution in [0, 0.1) is 0 Å². The van der Waals surface area contributed by atoms with Crippen molar-refractivity contribution in [2.75, 3.05) is 14.7 Å². The Bertz CT molecular complexity index is 2110. The Labute approximate surface area is 316 Å². The highest BCUT2D eigenvalue weighted by atomic mass is 16.2. The van der Waals surface area contributed by atoms with Crippen molar-refractivity contribution < 1.29 is 14.4 Å². The number of amides is 3. The van der Waals surface area contributed by atoms with Gasteiger partial charge < -0.3 is 0 Å². The van der Waals surface area contributed by atoms with Crippen LogP contribution in [0.1, 0.15) is 20.8 Å². The predicted molar refractivity (Wildman–Crippen MR) is 221 cm³/mol. The van der Waals surface area contributed by atoms with Gasteiger partial charge in [0, 0.05) is 37.8 Å². The van der Waals surface area contributed by atoms with E-state index < -0.39 is 0 Å². The van der Waals surface area contributed by atoms with E-state index in [4.69, 9.17) is 0 Å². The van der Waals surface area contributed by atoms with Crippen LogP contribution in [0.3, 0.4) is 0 Å². The van der Waals surface area contributed by atoms with Gasteiger partial charge in [-0.05, 0) is 88.0 Å². The minimum Gasteiger partial charge on any atom is -0.281 e. The number of anilines is 6. The van der Waals surface area contributed by atoms with Gasteiger partial charge in [0.15, 0.2) is 0 Å². The first-order valence-electron chi connectivity index (χ1n) is 17.8. The fourth-order valence-corrected chi connectivity index (χ4v) is 6.81. The quantitative estimate of drug-likeness (QED) is 0.150. The van der Waals surface area contributed by atoms with Crippen LogP contribution in [0.5, 0.6) is 0 Å². The van der Waals surface area contributed by atoms with Crippen molar-refractivity contribution in [1.82, 2.24) is 0 Å². The fourth-order valence-electron chi connectivity index (χ4n) is 6.81. The van der Waals surface area contributed by atoms with Crippen LogP contribution in [-0.4, -0.2) is 17.7 Å². The van der Waals surface area contributed by atoms with E-state index >= 15 is 0 Å². The lowest BCUT2D eigenvalue weighted by atomic mass is 10.0. The molecule has 0 atom stereocenters. The molecule has 0 aromatic heterocycles.